The molecule has 0 unspecified atom stereocenters. The zero-order valence-electron chi connectivity index (χ0n) is 12.6. The number of benzene rings is 2. The minimum Gasteiger partial charge on any atom is -0.467 e. The van der Waals surface area contributed by atoms with Gasteiger partial charge in [-0.25, -0.2) is 0 Å². The van der Waals surface area contributed by atoms with Crippen molar-refractivity contribution in [3.8, 4) is 16.9 Å². The van der Waals surface area contributed by atoms with E-state index < -0.39 is 0 Å². The molecule has 106 valence electrons. The molecule has 0 aliphatic heterocycles. The minimum atomic E-state index is 0.266. The van der Waals surface area contributed by atoms with Gasteiger partial charge in [-0.15, -0.1) is 0 Å². The number of hydrogen-bond acceptors (Lipinski definition) is 2. The maximum atomic E-state index is 5.87. The van der Waals surface area contributed by atoms with Gasteiger partial charge in [0.15, 0.2) is 6.79 Å². The summed E-state index contributed by atoms with van der Waals surface area (Å²) < 4.78 is 10.9. The van der Waals surface area contributed by atoms with Crippen molar-refractivity contribution in [3.63, 3.8) is 0 Å². The molecule has 0 spiro atoms. The van der Waals surface area contributed by atoms with Gasteiger partial charge in [0.25, 0.3) is 0 Å². The number of aryl methyl sites for hydroxylation is 1. The molecule has 0 amide bonds. The first kappa shape index (κ1) is 14.6. The topological polar surface area (TPSA) is 18.5 Å². The van der Waals surface area contributed by atoms with Gasteiger partial charge in [0, 0.05) is 12.7 Å². The van der Waals surface area contributed by atoms with E-state index in [2.05, 4.69) is 45.0 Å². The highest BCUT2D eigenvalue weighted by Crippen LogP contribution is 2.38. The summed E-state index contributed by atoms with van der Waals surface area (Å²) in [7, 11) is 1.64. The number of methoxy groups -OCH3 is 1. The van der Waals surface area contributed by atoms with Crippen LogP contribution in [-0.4, -0.2) is 13.9 Å². The van der Waals surface area contributed by atoms with Crippen LogP contribution in [0.4, 0.5) is 0 Å². The molecule has 0 aromatic heterocycles. The molecule has 0 saturated heterocycles. The van der Waals surface area contributed by atoms with Crippen LogP contribution in [0.15, 0.2) is 42.5 Å². The highest BCUT2D eigenvalue weighted by atomic mass is 16.7. The fraction of sp³-hybridized carbons (Fsp3) is 0.333. The second-order valence-corrected chi connectivity index (χ2v) is 5.30. The molecule has 2 aromatic carbocycles. The molecule has 0 N–H and O–H groups in total. The third-order valence-corrected chi connectivity index (χ3v) is 3.29. The predicted molar refractivity (Wildman–Crippen MR) is 83.2 cm³/mol. The summed E-state index contributed by atoms with van der Waals surface area (Å²) in [6.07, 6.45) is 0. The summed E-state index contributed by atoms with van der Waals surface area (Å²) in [4.78, 5) is 0. The molecular formula is C18H22O2. The van der Waals surface area contributed by atoms with Gasteiger partial charge in [-0.1, -0.05) is 50.2 Å². The summed E-state index contributed by atoms with van der Waals surface area (Å²) in [6, 6.07) is 14.7. The standard InChI is InChI=1S/C18H22O2/c1-13(2)16-10-14(3)11-17(18(16)20-12-19-4)15-8-6-5-7-9-15/h5-11,13H,12H2,1-4H3. The molecule has 0 radical (unpaired) electrons. The van der Waals surface area contributed by atoms with E-state index in [0.717, 1.165) is 11.3 Å². The van der Waals surface area contributed by atoms with Crippen LogP contribution in [0, 0.1) is 6.92 Å². The Balaban J connectivity index is 2.58. The fourth-order valence-electron chi connectivity index (χ4n) is 2.34. The zero-order valence-corrected chi connectivity index (χ0v) is 12.6. The van der Waals surface area contributed by atoms with E-state index in [0.29, 0.717) is 5.92 Å². The van der Waals surface area contributed by atoms with Gasteiger partial charge in [0.05, 0.1) is 0 Å². The molecule has 0 heterocycles. The maximum Gasteiger partial charge on any atom is 0.188 e. The molecule has 2 nitrogen and oxygen atoms in total. The Morgan fingerprint density at radius 2 is 1.75 bits per heavy atom. The van der Waals surface area contributed by atoms with Crippen LogP contribution in [0.2, 0.25) is 0 Å². The van der Waals surface area contributed by atoms with Gasteiger partial charge >= 0.3 is 0 Å². The van der Waals surface area contributed by atoms with Crippen molar-refractivity contribution in [3.05, 3.63) is 53.6 Å². The summed E-state index contributed by atoms with van der Waals surface area (Å²) in [6.45, 7) is 6.76. The van der Waals surface area contributed by atoms with Crippen LogP contribution in [0.25, 0.3) is 11.1 Å². The largest absolute Gasteiger partial charge is 0.467 e. The highest BCUT2D eigenvalue weighted by molar-refractivity contribution is 5.73. The zero-order chi connectivity index (χ0) is 14.5. The molecule has 0 bridgehead atoms. The van der Waals surface area contributed by atoms with Crippen molar-refractivity contribution in [1.29, 1.82) is 0 Å². The molecule has 2 aromatic rings. The Morgan fingerprint density at radius 3 is 2.35 bits per heavy atom. The van der Waals surface area contributed by atoms with Crippen molar-refractivity contribution in [1.82, 2.24) is 0 Å². The SMILES string of the molecule is COCOc1c(-c2ccccc2)cc(C)cc1C(C)C. The maximum absolute atomic E-state index is 5.87. The lowest BCUT2D eigenvalue weighted by molar-refractivity contribution is 0.0507. The van der Waals surface area contributed by atoms with E-state index in [4.69, 9.17) is 9.47 Å². The van der Waals surface area contributed by atoms with Crippen LogP contribution >= 0.6 is 0 Å². The fourth-order valence-corrected chi connectivity index (χ4v) is 2.34. The summed E-state index contributed by atoms with van der Waals surface area (Å²) in [5, 5.41) is 0. The van der Waals surface area contributed by atoms with Gasteiger partial charge < -0.3 is 9.47 Å². The number of ether oxygens (including phenoxy) is 2. The lowest BCUT2D eigenvalue weighted by atomic mass is 9.93. The van der Waals surface area contributed by atoms with Crippen LogP contribution < -0.4 is 4.74 Å². The molecule has 0 aliphatic rings. The lowest BCUT2D eigenvalue weighted by Gasteiger charge is -2.19. The average molecular weight is 270 g/mol. The van der Waals surface area contributed by atoms with Crippen LogP contribution in [0.3, 0.4) is 0 Å². The Labute approximate surface area is 121 Å². The van der Waals surface area contributed by atoms with E-state index in [1.165, 1.54) is 16.7 Å². The van der Waals surface area contributed by atoms with Gasteiger partial charge in [0.1, 0.15) is 5.75 Å². The van der Waals surface area contributed by atoms with Crippen molar-refractivity contribution in [2.24, 2.45) is 0 Å². The lowest BCUT2D eigenvalue weighted by Crippen LogP contribution is -2.05. The average Bonchev–Trinajstić information content (AvgIpc) is 2.46. The Hall–Kier alpha value is -1.80. The summed E-state index contributed by atoms with van der Waals surface area (Å²) >= 11 is 0. The minimum absolute atomic E-state index is 0.266. The normalized spacial score (nSPS) is 10.8. The quantitative estimate of drug-likeness (QED) is 0.729. The first-order valence-electron chi connectivity index (χ1n) is 6.95. The molecule has 2 heteroatoms. The molecule has 0 fully saturated rings. The second-order valence-electron chi connectivity index (χ2n) is 5.30. The number of hydrogen-bond donors (Lipinski definition) is 0. The van der Waals surface area contributed by atoms with Crippen LogP contribution in [0.1, 0.15) is 30.9 Å². The monoisotopic (exact) mass is 270 g/mol. The van der Waals surface area contributed by atoms with Crippen molar-refractivity contribution in [2.45, 2.75) is 26.7 Å². The van der Waals surface area contributed by atoms with Crippen molar-refractivity contribution < 1.29 is 9.47 Å². The molecule has 0 saturated carbocycles. The Morgan fingerprint density at radius 1 is 1.05 bits per heavy atom. The van der Waals surface area contributed by atoms with Crippen LogP contribution in [-0.2, 0) is 4.74 Å². The first-order chi connectivity index (χ1) is 9.63. The van der Waals surface area contributed by atoms with E-state index in [-0.39, 0.29) is 6.79 Å². The smallest absolute Gasteiger partial charge is 0.188 e. The van der Waals surface area contributed by atoms with E-state index in [1.807, 2.05) is 18.2 Å². The van der Waals surface area contributed by atoms with E-state index in [1.54, 1.807) is 7.11 Å². The van der Waals surface area contributed by atoms with Gasteiger partial charge in [0.2, 0.25) is 0 Å². The van der Waals surface area contributed by atoms with Crippen molar-refractivity contribution >= 4 is 0 Å². The first-order valence-corrected chi connectivity index (χ1v) is 6.95. The van der Waals surface area contributed by atoms with Gasteiger partial charge in [-0.2, -0.15) is 0 Å². The molecular weight excluding hydrogens is 248 g/mol. The van der Waals surface area contributed by atoms with E-state index >= 15 is 0 Å². The highest BCUT2D eigenvalue weighted by Gasteiger charge is 2.15. The molecule has 20 heavy (non-hydrogen) atoms. The van der Waals surface area contributed by atoms with Gasteiger partial charge in [-0.05, 0) is 35.6 Å². The van der Waals surface area contributed by atoms with Crippen molar-refractivity contribution in [2.75, 3.05) is 13.9 Å². The Kier molecular flexibility index (Phi) is 4.80. The molecule has 0 atom stereocenters. The van der Waals surface area contributed by atoms with Crippen LogP contribution in [0.5, 0.6) is 5.75 Å². The van der Waals surface area contributed by atoms with E-state index in [9.17, 15) is 0 Å². The Bertz CT molecular complexity index is 559. The van der Waals surface area contributed by atoms with Gasteiger partial charge in [-0.3, -0.25) is 0 Å². The number of rotatable bonds is 5. The summed E-state index contributed by atoms with van der Waals surface area (Å²) in [5.74, 6) is 1.34. The second kappa shape index (κ2) is 6.58. The third kappa shape index (κ3) is 3.20. The molecule has 0 aliphatic carbocycles. The summed E-state index contributed by atoms with van der Waals surface area (Å²) in [5.41, 5.74) is 4.77. The third-order valence-electron chi connectivity index (χ3n) is 3.29. The predicted octanol–water partition coefficient (Wildman–Crippen LogP) is 4.77. The molecule has 2 rings (SSSR count).